The summed E-state index contributed by atoms with van der Waals surface area (Å²) < 4.78 is 45.6. The van der Waals surface area contributed by atoms with Crippen LogP contribution in [0.4, 0.5) is 0 Å². The Bertz CT molecular complexity index is 2390. The van der Waals surface area contributed by atoms with Gasteiger partial charge in [-0.3, -0.25) is 19.1 Å². The summed E-state index contributed by atoms with van der Waals surface area (Å²) in [6.07, 6.45) is 3.93. The first-order valence-corrected chi connectivity index (χ1v) is 22.2. The third-order valence-corrected chi connectivity index (χ3v) is 14.6. The molecule has 15 heteroatoms. The summed E-state index contributed by atoms with van der Waals surface area (Å²) in [6.45, 7) is 11.9. The molecule has 1 saturated heterocycles. The van der Waals surface area contributed by atoms with Gasteiger partial charge < -0.3 is 19.1 Å². The highest BCUT2D eigenvalue weighted by atomic mass is 35.5. The number of amides is 2. The van der Waals surface area contributed by atoms with Crippen molar-refractivity contribution in [2.75, 3.05) is 20.8 Å². The number of hydrogen-bond donors (Lipinski definition) is 1. The number of aromatic nitrogens is 2. The van der Waals surface area contributed by atoms with Crippen molar-refractivity contribution in [1.82, 2.24) is 19.6 Å². The number of carbonyl (C=O) groups is 3. The number of likely N-dealkylation sites (tertiary alicyclic amines) is 1. The summed E-state index contributed by atoms with van der Waals surface area (Å²) >= 11 is 7.86. The van der Waals surface area contributed by atoms with Gasteiger partial charge in [-0.1, -0.05) is 50.1 Å². The number of pyridine rings is 1. The van der Waals surface area contributed by atoms with Gasteiger partial charge in [-0.2, -0.15) is 0 Å². The van der Waals surface area contributed by atoms with E-state index in [2.05, 4.69) is 16.3 Å². The van der Waals surface area contributed by atoms with E-state index in [1.54, 1.807) is 43.5 Å². The lowest BCUT2D eigenvalue weighted by Gasteiger charge is -2.35. The molecule has 308 valence electrons. The van der Waals surface area contributed by atoms with Crippen molar-refractivity contribution in [3.63, 3.8) is 0 Å². The van der Waals surface area contributed by atoms with Gasteiger partial charge in [0.05, 0.1) is 54.4 Å². The van der Waals surface area contributed by atoms with E-state index in [-0.39, 0.29) is 43.4 Å². The van der Waals surface area contributed by atoms with E-state index in [1.807, 2.05) is 57.3 Å². The van der Waals surface area contributed by atoms with Crippen LogP contribution in [-0.2, 0) is 30.8 Å². The molecule has 3 heterocycles. The van der Waals surface area contributed by atoms with Gasteiger partial charge in [-0.05, 0) is 67.9 Å². The lowest BCUT2D eigenvalue weighted by Crippen LogP contribution is -2.48. The molecular weight excluding hydrogens is 800 g/mol. The third kappa shape index (κ3) is 8.33. The predicted octanol–water partition coefficient (Wildman–Crippen LogP) is 7.35. The number of thiazole rings is 1. The number of nitrogens with one attached hydrogen (secondary N) is 1. The fourth-order valence-corrected chi connectivity index (χ4v) is 10.4. The number of halogens is 1. The Morgan fingerprint density at radius 2 is 1.84 bits per heavy atom. The molecule has 7 rings (SSSR count). The number of ether oxygens (including phenoxy) is 3. The first-order valence-electron chi connectivity index (χ1n) is 19.4. The van der Waals surface area contributed by atoms with Crippen LogP contribution >= 0.6 is 22.9 Å². The molecule has 2 amide bonds. The molecule has 58 heavy (non-hydrogen) atoms. The number of aryl methyl sites for hydroxylation is 1. The zero-order valence-corrected chi connectivity index (χ0v) is 35.9. The number of ketones is 1. The summed E-state index contributed by atoms with van der Waals surface area (Å²) in [4.78, 5) is 54.4. The standard InChI is InChI=1S/C43H49ClN4O8S2/c1-8-25-19-43(25,41(51)47-58(52,53)28-11-12-28)20-35(49)34-17-27(56-39-30-16-26(44)10-13-29(30)37(55-7)21-45-39)22-48(34)40(50)32(42(3,4)5)18-38-46-33(23-57-38)31-15-24(2)9-14-36(31)54-6/h8-10,13-16,21,23,25,27-28,32,34H,1,11-12,17-20,22H2,2-7H3,(H,47,51)/t25-,27-,32-,34+,43-/m1/s1. The van der Waals surface area contributed by atoms with Crippen LogP contribution in [0, 0.1) is 29.6 Å². The topological polar surface area (TPSA) is 154 Å². The zero-order valence-electron chi connectivity index (χ0n) is 33.5. The van der Waals surface area contributed by atoms with Crippen molar-refractivity contribution >= 4 is 61.3 Å². The van der Waals surface area contributed by atoms with Gasteiger partial charge >= 0.3 is 0 Å². The van der Waals surface area contributed by atoms with E-state index in [0.29, 0.717) is 41.2 Å². The molecule has 1 aliphatic heterocycles. The number of benzene rings is 2. The normalized spacial score (nSPS) is 22.3. The van der Waals surface area contributed by atoms with E-state index in [4.69, 9.17) is 30.8 Å². The van der Waals surface area contributed by atoms with E-state index in [9.17, 15) is 18.0 Å². The minimum atomic E-state index is -3.86. The number of fused-ring (bicyclic) bond motifs is 1. The van der Waals surface area contributed by atoms with E-state index in [1.165, 1.54) is 11.3 Å². The Labute approximate surface area is 348 Å². The fraction of sp³-hybridized carbons (Fsp3) is 0.465. The van der Waals surface area contributed by atoms with Crippen molar-refractivity contribution in [3.05, 3.63) is 76.2 Å². The number of carbonyl (C=O) groups excluding carboxylic acids is 3. The molecule has 0 spiro atoms. The number of nitrogens with zero attached hydrogens (tertiary/aromatic N) is 3. The molecule has 0 bridgehead atoms. The van der Waals surface area contributed by atoms with Crippen LogP contribution in [0.3, 0.4) is 0 Å². The van der Waals surface area contributed by atoms with Gasteiger partial charge in [0.15, 0.2) is 5.78 Å². The number of methoxy groups -OCH3 is 2. The van der Waals surface area contributed by atoms with E-state index >= 15 is 4.79 Å². The van der Waals surface area contributed by atoms with Crippen molar-refractivity contribution < 1.29 is 37.0 Å². The Balaban J connectivity index is 1.20. The highest BCUT2D eigenvalue weighted by Gasteiger charge is 2.61. The van der Waals surface area contributed by atoms with Crippen LogP contribution in [0.2, 0.25) is 5.02 Å². The predicted molar refractivity (Wildman–Crippen MR) is 224 cm³/mol. The van der Waals surface area contributed by atoms with Crippen molar-refractivity contribution in [2.24, 2.45) is 22.7 Å². The maximum Gasteiger partial charge on any atom is 0.240 e. The lowest BCUT2D eigenvalue weighted by atomic mass is 9.77. The summed E-state index contributed by atoms with van der Waals surface area (Å²) in [7, 11) is -0.691. The third-order valence-electron chi connectivity index (χ3n) is 11.7. The van der Waals surface area contributed by atoms with Crippen LogP contribution in [-0.4, -0.2) is 79.0 Å². The number of rotatable bonds is 15. The van der Waals surface area contributed by atoms with Crippen LogP contribution in [0.5, 0.6) is 17.4 Å². The highest BCUT2D eigenvalue weighted by Crippen LogP contribution is 2.57. The smallest absolute Gasteiger partial charge is 0.240 e. The Morgan fingerprint density at radius 1 is 1.10 bits per heavy atom. The minimum absolute atomic E-state index is 0.0708. The lowest BCUT2D eigenvalue weighted by molar-refractivity contribution is -0.144. The monoisotopic (exact) mass is 848 g/mol. The van der Waals surface area contributed by atoms with Gasteiger partial charge in [-0.25, -0.2) is 18.4 Å². The molecule has 2 saturated carbocycles. The summed E-state index contributed by atoms with van der Waals surface area (Å²) in [6, 6.07) is 10.2. The number of sulfonamides is 1. The molecular formula is C43H49ClN4O8S2. The second-order valence-electron chi connectivity index (χ2n) is 16.8. The van der Waals surface area contributed by atoms with Crippen LogP contribution in [0.15, 0.2) is 60.6 Å². The zero-order chi connectivity index (χ0) is 41.7. The van der Waals surface area contributed by atoms with E-state index in [0.717, 1.165) is 27.2 Å². The van der Waals surface area contributed by atoms with Crippen molar-refractivity contribution in [2.45, 2.75) is 83.6 Å². The number of hydrogen-bond acceptors (Lipinski definition) is 11. The van der Waals surface area contributed by atoms with Gasteiger partial charge in [0.25, 0.3) is 0 Å². The molecule has 2 aliphatic carbocycles. The number of allylic oxidation sites excluding steroid dienone is 1. The minimum Gasteiger partial charge on any atom is -0.496 e. The molecule has 5 atom stereocenters. The fourth-order valence-electron chi connectivity index (χ4n) is 8.01. The van der Waals surface area contributed by atoms with E-state index < -0.39 is 56.0 Å². The molecule has 2 aromatic carbocycles. The Morgan fingerprint density at radius 3 is 2.50 bits per heavy atom. The molecule has 2 aromatic heterocycles. The van der Waals surface area contributed by atoms with Crippen LogP contribution in [0.1, 0.15) is 63.4 Å². The molecule has 3 aliphatic rings. The van der Waals surface area contributed by atoms with Crippen LogP contribution < -0.4 is 18.9 Å². The molecule has 1 N–H and O–H groups in total. The average Bonchev–Trinajstić information content (AvgIpc) is 4.07. The molecule has 4 aromatic rings. The van der Waals surface area contributed by atoms with Gasteiger partial charge in [0.1, 0.15) is 17.6 Å². The van der Waals surface area contributed by atoms with Crippen LogP contribution in [0.25, 0.3) is 22.0 Å². The second-order valence-corrected chi connectivity index (χ2v) is 20.1. The van der Waals surface area contributed by atoms with Gasteiger partial charge in [-0.15, -0.1) is 17.9 Å². The van der Waals surface area contributed by atoms with Gasteiger partial charge in [0, 0.05) is 51.9 Å². The maximum atomic E-state index is 15.0. The van der Waals surface area contributed by atoms with Crippen molar-refractivity contribution in [1.29, 1.82) is 0 Å². The molecule has 3 fully saturated rings. The summed E-state index contributed by atoms with van der Waals surface area (Å²) in [5.41, 5.74) is 0.830. The molecule has 12 nitrogen and oxygen atoms in total. The molecule has 0 unspecified atom stereocenters. The Hall–Kier alpha value is -4.53. The second kappa shape index (κ2) is 15.9. The summed E-state index contributed by atoms with van der Waals surface area (Å²) in [5.74, 6) is -0.793. The largest absolute Gasteiger partial charge is 0.496 e. The first-order chi connectivity index (χ1) is 27.5. The highest BCUT2D eigenvalue weighted by molar-refractivity contribution is 7.90. The van der Waals surface area contributed by atoms with Crippen molar-refractivity contribution in [3.8, 4) is 28.6 Å². The maximum absolute atomic E-state index is 15.0. The van der Waals surface area contributed by atoms with Gasteiger partial charge in [0.2, 0.25) is 27.7 Å². The SMILES string of the molecule is C=C[C@@H]1C[C@]1(CC(=O)[C@@H]1C[C@@H](Oc2ncc(OC)c3ccc(Cl)cc23)CN1C(=O)[C@@H](Cc1nc(-c2cc(C)ccc2OC)cs1)C(C)(C)C)C(=O)NS(=O)(=O)C1CC1. The summed E-state index contributed by atoms with van der Waals surface area (Å²) in [5, 5.41) is 3.92. The quantitative estimate of drug-likeness (QED) is 0.120. The number of Topliss-reactive ketones (excluding diaryl/α,β-unsaturated/α-hetero) is 1. The Kier molecular flexibility index (Phi) is 11.4. The molecule has 0 radical (unpaired) electrons. The average molecular weight is 849 g/mol. The first kappa shape index (κ1) is 41.6.